The molecule has 3 heterocycles. The Kier molecular flexibility index (Phi) is 17.0. The molecule has 0 unspecified atom stereocenters. The van der Waals surface area contributed by atoms with Gasteiger partial charge in [-0.2, -0.15) is 0 Å². The second-order valence-electron chi connectivity index (χ2n) is 15.0. The van der Waals surface area contributed by atoms with Crippen LogP contribution in [0.5, 0.6) is 0 Å². The quantitative estimate of drug-likeness (QED) is 0.0435. The molecule has 1 saturated heterocycles. The molecule has 2 aromatic heterocycles. The third kappa shape index (κ3) is 13.9. The van der Waals surface area contributed by atoms with Crippen molar-refractivity contribution in [2.45, 2.75) is 88.5 Å². The fourth-order valence-corrected chi connectivity index (χ4v) is 6.95. The molecule has 5 rings (SSSR count). The smallest absolute Gasteiger partial charge is 0.243 e. The van der Waals surface area contributed by atoms with Crippen molar-refractivity contribution in [2.24, 2.45) is 16.5 Å². The number of para-hydroxylation sites is 1. The molecule has 330 valence electrons. The molecule has 0 bridgehead atoms. The minimum atomic E-state index is -1.27. The molecular weight excluding hydrogens is 799 g/mol. The van der Waals surface area contributed by atoms with Crippen LogP contribution in [0.2, 0.25) is 0 Å². The van der Waals surface area contributed by atoms with Crippen molar-refractivity contribution in [1.82, 2.24) is 52.2 Å². The second-order valence-corrected chi connectivity index (χ2v) is 15.0. The number of carbonyl (C=O) groups excluding carboxylic acids is 7. The number of hydrogen-bond donors (Lipinski definition) is 11. The molecule has 20 heteroatoms. The number of guanidine groups is 1. The van der Waals surface area contributed by atoms with Crippen molar-refractivity contribution in [2.75, 3.05) is 19.6 Å². The van der Waals surface area contributed by atoms with E-state index in [1.165, 1.54) is 12.5 Å². The van der Waals surface area contributed by atoms with Gasteiger partial charge in [-0.3, -0.25) is 38.6 Å². The number of nitrogens with two attached hydrogens (primary N) is 2. The molecule has 7 amide bonds. The van der Waals surface area contributed by atoms with E-state index in [-0.39, 0.29) is 51.0 Å². The molecule has 13 N–H and O–H groups in total. The average Bonchev–Trinajstić information content (AvgIpc) is 3.93. The molecule has 1 aliphatic rings. The third-order valence-corrected chi connectivity index (χ3v) is 10.2. The molecule has 0 saturated carbocycles. The van der Waals surface area contributed by atoms with Crippen LogP contribution in [-0.2, 0) is 52.8 Å². The number of aliphatic imine (C=N–C) groups is 1. The lowest BCUT2D eigenvalue weighted by Crippen LogP contribution is -2.59. The Labute approximate surface area is 358 Å². The van der Waals surface area contributed by atoms with Crippen molar-refractivity contribution >= 4 is 58.2 Å². The molecule has 1 fully saturated rings. The first-order chi connectivity index (χ1) is 29.9. The summed E-state index contributed by atoms with van der Waals surface area (Å²) in [6.45, 7) is 0.945. The Morgan fingerprint density at radius 1 is 0.645 bits per heavy atom. The molecule has 0 aliphatic carbocycles. The number of nitrogens with zero attached hydrogens (tertiary/aromatic N) is 2. The summed E-state index contributed by atoms with van der Waals surface area (Å²) in [6.07, 6.45) is 6.28. The fraction of sp³-hybridized carbons (Fsp3) is 0.405. The van der Waals surface area contributed by atoms with Crippen LogP contribution in [0.25, 0.3) is 10.9 Å². The van der Waals surface area contributed by atoms with Gasteiger partial charge in [-0.05, 0) is 36.5 Å². The summed E-state index contributed by atoms with van der Waals surface area (Å²) in [7, 11) is 0. The SMILES string of the molecule is CCCC[C@@H]1NC(=O)CNC(=O)[C@H](Cc2c[nH]c3ccccc23)NC(=O)[C@H](CCCN=C(N)N)NC(=O)[C@@H](Cc2ccccc2)NC(=O)[C@H](Cc2cnc[nH]2)NC(=O)CNC1=O. The summed E-state index contributed by atoms with van der Waals surface area (Å²) in [5, 5.41) is 19.5. The summed E-state index contributed by atoms with van der Waals surface area (Å²) in [5.74, 6) is -5.14. The number of imidazole rings is 1. The highest BCUT2D eigenvalue weighted by molar-refractivity contribution is 5.98. The van der Waals surface area contributed by atoms with Crippen LogP contribution in [0.15, 0.2) is 78.3 Å². The van der Waals surface area contributed by atoms with Gasteiger partial charge in [0, 0.05) is 54.8 Å². The standard InChI is InChI=1S/C42H55N13O7/c1-2-3-13-30-37(58)48-23-36(57)52-34(19-27-21-45-24-50-27)41(62)54-32(17-25-10-5-4-6-11-25)40(61)53-31(15-9-16-46-42(43)44)39(60)55-33(38(59)49-22-35(56)51-30)18-26-20-47-29-14-8-7-12-28(26)29/h4-8,10-12,14,20-21,24,30-34,47H,2-3,9,13,15-19,22-23H2,1H3,(H,45,50)(H,48,58)(H,49,59)(H,51,56)(H,52,57)(H,53,61)(H,54,62)(H,55,60)(H4,43,44,46)/t30-,31-,32+,33-,34-/m0/s1. The molecule has 5 atom stereocenters. The van der Waals surface area contributed by atoms with E-state index in [9.17, 15) is 33.6 Å². The number of H-pyrrole nitrogens is 2. The number of benzene rings is 2. The lowest BCUT2D eigenvalue weighted by molar-refractivity contribution is -0.134. The maximum atomic E-state index is 14.3. The van der Waals surface area contributed by atoms with E-state index in [0.717, 1.165) is 10.9 Å². The van der Waals surface area contributed by atoms with Gasteiger partial charge in [-0.15, -0.1) is 0 Å². The van der Waals surface area contributed by atoms with E-state index in [0.29, 0.717) is 29.7 Å². The van der Waals surface area contributed by atoms with Gasteiger partial charge >= 0.3 is 0 Å². The lowest BCUT2D eigenvalue weighted by Gasteiger charge is -2.26. The predicted octanol–water partition coefficient (Wildman–Crippen LogP) is -1.17. The maximum absolute atomic E-state index is 14.3. The van der Waals surface area contributed by atoms with Gasteiger partial charge < -0.3 is 58.7 Å². The molecule has 0 spiro atoms. The monoisotopic (exact) mass is 853 g/mol. The number of aromatic amines is 2. The van der Waals surface area contributed by atoms with Crippen LogP contribution in [-0.4, -0.2) is 112 Å². The van der Waals surface area contributed by atoms with Crippen LogP contribution in [0.3, 0.4) is 0 Å². The summed E-state index contributed by atoms with van der Waals surface area (Å²) >= 11 is 0. The number of fused-ring (bicyclic) bond motifs is 1. The Bertz CT molecular complexity index is 2190. The molecule has 1 aliphatic heterocycles. The summed E-state index contributed by atoms with van der Waals surface area (Å²) < 4.78 is 0. The van der Waals surface area contributed by atoms with Crippen molar-refractivity contribution in [3.05, 3.63) is 90.1 Å². The molecule has 20 nitrogen and oxygen atoms in total. The zero-order chi connectivity index (χ0) is 44.4. The van der Waals surface area contributed by atoms with Crippen molar-refractivity contribution < 1.29 is 33.6 Å². The van der Waals surface area contributed by atoms with Gasteiger partial charge in [0.1, 0.15) is 30.2 Å². The zero-order valence-electron chi connectivity index (χ0n) is 34.5. The summed E-state index contributed by atoms with van der Waals surface area (Å²) in [6, 6.07) is 10.2. The number of nitrogens with one attached hydrogen (secondary N) is 9. The highest BCUT2D eigenvalue weighted by atomic mass is 16.2. The fourth-order valence-electron chi connectivity index (χ4n) is 6.95. The molecule has 4 aromatic rings. The molecule has 0 radical (unpaired) electrons. The zero-order valence-corrected chi connectivity index (χ0v) is 34.5. The molecule has 62 heavy (non-hydrogen) atoms. The van der Waals surface area contributed by atoms with Gasteiger partial charge in [-0.25, -0.2) is 4.98 Å². The van der Waals surface area contributed by atoms with E-state index in [1.54, 1.807) is 36.5 Å². The van der Waals surface area contributed by atoms with Crippen LogP contribution in [0.4, 0.5) is 0 Å². The van der Waals surface area contributed by atoms with Crippen LogP contribution in [0, 0.1) is 0 Å². The summed E-state index contributed by atoms with van der Waals surface area (Å²) in [4.78, 5) is 111. The highest BCUT2D eigenvalue weighted by Crippen LogP contribution is 2.19. The highest BCUT2D eigenvalue weighted by Gasteiger charge is 2.33. The van der Waals surface area contributed by atoms with Gasteiger partial charge in [0.05, 0.1) is 19.4 Å². The molecule has 2 aromatic carbocycles. The van der Waals surface area contributed by atoms with Gasteiger partial charge in [0.15, 0.2) is 5.96 Å². The van der Waals surface area contributed by atoms with Crippen LogP contribution in [0.1, 0.15) is 55.8 Å². The van der Waals surface area contributed by atoms with E-state index in [4.69, 9.17) is 11.5 Å². The first-order valence-corrected chi connectivity index (χ1v) is 20.6. The topological polar surface area (TPSA) is 313 Å². The number of hydrogen-bond acceptors (Lipinski definition) is 9. The first kappa shape index (κ1) is 45.8. The van der Waals surface area contributed by atoms with Gasteiger partial charge in [0.25, 0.3) is 0 Å². The Hall–Kier alpha value is -7.25. The Morgan fingerprint density at radius 3 is 1.87 bits per heavy atom. The van der Waals surface area contributed by atoms with E-state index >= 15 is 0 Å². The van der Waals surface area contributed by atoms with E-state index < -0.39 is 84.6 Å². The van der Waals surface area contributed by atoms with Gasteiger partial charge in [-0.1, -0.05) is 68.3 Å². The minimum Gasteiger partial charge on any atom is -0.370 e. The van der Waals surface area contributed by atoms with E-state index in [2.05, 4.69) is 57.2 Å². The second kappa shape index (κ2) is 22.9. The summed E-state index contributed by atoms with van der Waals surface area (Å²) in [5.41, 5.74) is 13.7. The van der Waals surface area contributed by atoms with Crippen molar-refractivity contribution in [3.63, 3.8) is 0 Å². The van der Waals surface area contributed by atoms with Gasteiger partial charge in [0.2, 0.25) is 41.4 Å². The lowest BCUT2D eigenvalue weighted by atomic mass is 10.0. The number of rotatable bonds is 13. The number of aromatic nitrogens is 3. The van der Waals surface area contributed by atoms with Crippen LogP contribution < -0.4 is 48.7 Å². The number of carbonyl (C=O) groups is 7. The predicted molar refractivity (Wildman–Crippen MR) is 230 cm³/mol. The normalized spacial score (nSPS) is 21.2. The van der Waals surface area contributed by atoms with Crippen molar-refractivity contribution in [3.8, 4) is 0 Å². The minimum absolute atomic E-state index is 0.00664. The average molecular weight is 854 g/mol. The van der Waals surface area contributed by atoms with Crippen LogP contribution >= 0.6 is 0 Å². The van der Waals surface area contributed by atoms with E-state index in [1.807, 2.05) is 31.2 Å². The third-order valence-electron chi connectivity index (χ3n) is 10.2. The Balaban J connectivity index is 1.51. The Morgan fingerprint density at radius 2 is 1.21 bits per heavy atom. The maximum Gasteiger partial charge on any atom is 0.243 e. The van der Waals surface area contributed by atoms with Crippen molar-refractivity contribution in [1.29, 1.82) is 0 Å². The first-order valence-electron chi connectivity index (χ1n) is 20.6. The largest absolute Gasteiger partial charge is 0.370 e. The number of unbranched alkanes of at least 4 members (excludes halogenated alkanes) is 1. The number of amides is 7. The molecular formula is C42H55N13O7.